The number of carbonyl (C=O) groups excluding carboxylic acids is 1. The molecule has 0 heterocycles. The Labute approximate surface area is 177 Å². The van der Waals surface area contributed by atoms with Crippen LogP contribution in [-0.4, -0.2) is 54.2 Å². The third-order valence-corrected chi connectivity index (χ3v) is 3.94. The molecule has 29 heavy (non-hydrogen) atoms. The van der Waals surface area contributed by atoms with Crippen LogP contribution in [0.3, 0.4) is 0 Å². The topological polar surface area (TPSA) is 131 Å². The zero-order valence-corrected chi connectivity index (χ0v) is 18.5. The van der Waals surface area contributed by atoms with Crippen molar-refractivity contribution >= 4 is 23.7 Å². The molecule has 0 fully saturated rings. The third-order valence-electron chi connectivity index (χ3n) is 3.71. The van der Waals surface area contributed by atoms with Crippen molar-refractivity contribution in [1.82, 2.24) is 5.32 Å². The highest BCUT2D eigenvalue weighted by Crippen LogP contribution is 2.25. The molecule has 1 amide bonds. The summed E-state index contributed by atoms with van der Waals surface area (Å²) in [5.41, 5.74) is 5.25. The molecular formula is C20H33ClN2O6. The van der Waals surface area contributed by atoms with E-state index in [4.69, 9.17) is 31.9 Å². The second-order valence-corrected chi connectivity index (χ2v) is 7.87. The average molecular weight is 433 g/mol. The number of nitrogens with one attached hydrogen (secondary N) is 1. The van der Waals surface area contributed by atoms with Gasteiger partial charge in [0.15, 0.2) is 0 Å². The number of nitrogens with two attached hydrogens (primary N) is 1. The number of hydrogen-bond donors (Lipinski definition) is 4. The fourth-order valence-corrected chi connectivity index (χ4v) is 2.26. The first kappa shape index (κ1) is 27.0. The Morgan fingerprint density at radius 3 is 2.34 bits per heavy atom. The van der Waals surface area contributed by atoms with Crippen molar-refractivity contribution in [3.05, 3.63) is 28.8 Å². The van der Waals surface area contributed by atoms with Gasteiger partial charge in [0.25, 0.3) is 0 Å². The van der Waals surface area contributed by atoms with Gasteiger partial charge in [0, 0.05) is 17.6 Å². The van der Waals surface area contributed by atoms with Gasteiger partial charge >= 0.3 is 12.1 Å². The number of alkyl carbamates (subject to hydrolysis) is 1. The number of aliphatic carboxylic acids is 1. The summed E-state index contributed by atoms with van der Waals surface area (Å²) in [6, 6.07) is 4.99. The molecule has 0 aliphatic carbocycles. The summed E-state index contributed by atoms with van der Waals surface area (Å²) >= 11 is 5.94. The van der Waals surface area contributed by atoms with E-state index >= 15 is 0 Å². The maximum absolute atomic E-state index is 11.6. The molecule has 0 unspecified atom stereocenters. The highest BCUT2D eigenvalue weighted by molar-refractivity contribution is 6.30. The second kappa shape index (κ2) is 13.2. The number of hydrogen-bond acceptors (Lipinski definition) is 6. The van der Waals surface area contributed by atoms with E-state index in [2.05, 4.69) is 5.32 Å². The van der Waals surface area contributed by atoms with Crippen LogP contribution in [0, 0.1) is 5.92 Å². The van der Waals surface area contributed by atoms with Crippen molar-refractivity contribution < 1.29 is 29.3 Å². The zero-order chi connectivity index (χ0) is 22.6. The number of carbonyl (C=O) groups is 2. The van der Waals surface area contributed by atoms with Crippen molar-refractivity contribution in [2.75, 3.05) is 20.3 Å². The van der Waals surface area contributed by atoms with Crippen molar-refractivity contribution in [3.8, 4) is 5.75 Å². The largest absolute Gasteiger partial charge is 0.496 e. The van der Waals surface area contributed by atoms with Crippen LogP contribution in [0.5, 0.6) is 5.75 Å². The van der Waals surface area contributed by atoms with Crippen LogP contribution < -0.4 is 15.8 Å². The minimum atomic E-state index is -1.02. The van der Waals surface area contributed by atoms with Gasteiger partial charge in [-0.1, -0.05) is 18.5 Å². The monoisotopic (exact) mass is 432 g/mol. The minimum absolute atomic E-state index is 0.00926. The van der Waals surface area contributed by atoms with E-state index in [9.17, 15) is 14.7 Å². The molecule has 1 rings (SSSR count). The van der Waals surface area contributed by atoms with E-state index in [1.165, 1.54) is 7.11 Å². The molecule has 166 valence electrons. The van der Waals surface area contributed by atoms with Gasteiger partial charge in [0.1, 0.15) is 11.4 Å². The first-order valence-electron chi connectivity index (χ1n) is 9.31. The molecule has 0 radical (unpaired) electrons. The molecule has 0 saturated carbocycles. The second-order valence-electron chi connectivity index (χ2n) is 7.43. The molecular weight excluding hydrogens is 400 g/mol. The molecule has 1 aromatic rings. The van der Waals surface area contributed by atoms with Crippen LogP contribution >= 0.6 is 11.6 Å². The maximum atomic E-state index is 11.6. The first-order valence-corrected chi connectivity index (χ1v) is 9.69. The van der Waals surface area contributed by atoms with Crippen LogP contribution in [0.4, 0.5) is 4.79 Å². The summed E-state index contributed by atoms with van der Waals surface area (Å²) in [7, 11) is 1.50. The predicted molar refractivity (Wildman–Crippen MR) is 112 cm³/mol. The summed E-state index contributed by atoms with van der Waals surface area (Å²) in [6.45, 7) is 7.20. The van der Waals surface area contributed by atoms with Crippen LogP contribution in [0.2, 0.25) is 5.02 Å². The summed E-state index contributed by atoms with van der Waals surface area (Å²) in [4.78, 5) is 23.1. The Morgan fingerprint density at radius 2 is 1.93 bits per heavy atom. The number of methoxy groups -OCH3 is 1. The highest BCUT2D eigenvalue weighted by atomic mass is 35.5. The lowest BCUT2D eigenvalue weighted by Gasteiger charge is -2.21. The number of carboxylic acids is 1. The van der Waals surface area contributed by atoms with Gasteiger partial charge in [-0.3, -0.25) is 4.79 Å². The fraction of sp³-hybridized carbons (Fsp3) is 0.600. The standard InChI is InChI=1S/C16H22ClNO5.C4H11NO/c1-16(2,3)23-15(21)18-9-11(14(19)20)7-10-8-12(17)5-6-13(10)22-4;1-2-4(5)3-6/h5-6,8,11H,7,9H2,1-4H3,(H,18,21)(H,19,20);4,6H,2-3,5H2,1H3/t11-;4-/m01/s1. The average Bonchev–Trinajstić information content (AvgIpc) is 2.63. The third kappa shape index (κ3) is 12.2. The van der Waals surface area contributed by atoms with Gasteiger partial charge in [-0.25, -0.2) is 4.79 Å². The minimum Gasteiger partial charge on any atom is -0.496 e. The lowest BCUT2D eigenvalue weighted by atomic mass is 9.98. The summed E-state index contributed by atoms with van der Waals surface area (Å²) < 4.78 is 10.3. The molecule has 0 spiro atoms. The van der Waals surface area contributed by atoms with E-state index in [1.54, 1.807) is 39.0 Å². The van der Waals surface area contributed by atoms with Crippen molar-refractivity contribution in [3.63, 3.8) is 0 Å². The number of carboxylic acid groups (broad SMARTS) is 1. The number of aliphatic hydroxyl groups excluding tert-OH is 1. The number of benzene rings is 1. The maximum Gasteiger partial charge on any atom is 0.407 e. The van der Waals surface area contributed by atoms with Gasteiger partial charge in [-0.05, 0) is 57.4 Å². The van der Waals surface area contributed by atoms with Gasteiger partial charge in [0.05, 0.1) is 19.6 Å². The van der Waals surface area contributed by atoms with E-state index in [0.29, 0.717) is 16.3 Å². The summed E-state index contributed by atoms with van der Waals surface area (Å²) in [5.74, 6) is -1.30. The Kier molecular flexibility index (Phi) is 12.3. The van der Waals surface area contributed by atoms with Gasteiger partial charge in [0.2, 0.25) is 0 Å². The molecule has 1 aromatic carbocycles. The number of amides is 1. The molecule has 8 nitrogen and oxygen atoms in total. The Balaban J connectivity index is 0.00000113. The Bertz CT molecular complexity index is 644. The quantitative estimate of drug-likeness (QED) is 0.496. The molecule has 2 atom stereocenters. The van der Waals surface area contributed by atoms with Crippen molar-refractivity contribution in [2.45, 2.75) is 52.2 Å². The van der Waals surface area contributed by atoms with Crippen LogP contribution in [0.15, 0.2) is 18.2 Å². The SMILES string of the molecule is CC[C@@H](N)CO.COc1ccc(Cl)cc1C[C@@H](CNC(=O)OC(C)(C)C)C(=O)O. The lowest BCUT2D eigenvalue weighted by molar-refractivity contribution is -0.141. The van der Waals surface area contributed by atoms with Crippen molar-refractivity contribution in [1.29, 1.82) is 0 Å². The molecule has 5 N–H and O–H groups in total. The van der Waals surface area contributed by atoms with E-state index in [0.717, 1.165) is 6.42 Å². The molecule has 9 heteroatoms. The number of halogens is 1. The first-order chi connectivity index (χ1) is 13.4. The van der Waals surface area contributed by atoms with E-state index in [-0.39, 0.29) is 25.6 Å². The van der Waals surface area contributed by atoms with Crippen LogP contribution in [-0.2, 0) is 16.0 Å². The Hall–Kier alpha value is -2.03. The normalized spacial score (nSPS) is 12.8. The summed E-state index contributed by atoms with van der Waals surface area (Å²) in [6.07, 6.45) is 0.382. The summed E-state index contributed by atoms with van der Waals surface area (Å²) in [5, 5.41) is 20.5. The van der Waals surface area contributed by atoms with E-state index in [1.807, 2.05) is 6.92 Å². The Morgan fingerprint density at radius 1 is 1.31 bits per heavy atom. The number of aliphatic hydroxyl groups is 1. The highest BCUT2D eigenvalue weighted by Gasteiger charge is 2.23. The smallest absolute Gasteiger partial charge is 0.407 e. The van der Waals surface area contributed by atoms with Crippen LogP contribution in [0.25, 0.3) is 0 Å². The molecule has 0 aliphatic heterocycles. The van der Waals surface area contributed by atoms with Crippen molar-refractivity contribution in [2.24, 2.45) is 11.7 Å². The zero-order valence-electron chi connectivity index (χ0n) is 17.7. The molecule has 0 aliphatic rings. The molecule has 0 saturated heterocycles. The van der Waals surface area contributed by atoms with Gasteiger partial charge in [-0.15, -0.1) is 0 Å². The lowest BCUT2D eigenvalue weighted by Crippen LogP contribution is -2.37. The van der Waals surface area contributed by atoms with Crippen LogP contribution in [0.1, 0.15) is 39.7 Å². The fourth-order valence-electron chi connectivity index (χ4n) is 2.07. The van der Waals surface area contributed by atoms with E-state index < -0.39 is 23.6 Å². The number of ether oxygens (including phenoxy) is 2. The molecule has 0 aromatic heterocycles. The number of rotatable bonds is 8. The van der Waals surface area contributed by atoms with Gasteiger partial charge in [-0.2, -0.15) is 0 Å². The van der Waals surface area contributed by atoms with Gasteiger partial charge < -0.3 is 30.7 Å². The predicted octanol–water partition coefficient (Wildman–Crippen LogP) is 2.83. The molecule has 0 bridgehead atoms.